The third kappa shape index (κ3) is 4.24. The monoisotopic (exact) mass is 510 g/mol. The van der Waals surface area contributed by atoms with E-state index in [2.05, 4.69) is 25.9 Å². The molecule has 2 aromatic heterocycles. The number of pyridine rings is 1. The fourth-order valence-electron chi connectivity index (χ4n) is 5.37. The van der Waals surface area contributed by atoms with Crippen LogP contribution in [0.25, 0.3) is 11.0 Å². The minimum atomic E-state index is -4.75. The zero-order valence-electron chi connectivity index (χ0n) is 19.6. The van der Waals surface area contributed by atoms with E-state index in [0.29, 0.717) is 67.2 Å². The molecular weight excluding hydrogens is 489 g/mol. The maximum atomic E-state index is 12.8. The first-order valence-corrected chi connectivity index (χ1v) is 11.9. The molecule has 9 nitrogen and oxygen atoms in total. The van der Waals surface area contributed by atoms with E-state index < -0.39 is 12.0 Å². The number of ether oxygens (including phenoxy) is 1. The fraction of sp³-hybridized carbons (Fsp3) is 0.400. The van der Waals surface area contributed by atoms with Gasteiger partial charge in [0.15, 0.2) is 5.82 Å². The Kier molecular flexibility index (Phi) is 5.33. The van der Waals surface area contributed by atoms with Gasteiger partial charge in [-0.3, -0.25) is 4.57 Å². The molecule has 6 rings (SSSR count). The molecule has 1 saturated heterocycles. The largest absolute Gasteiger partial charge is 0.573 e. The van der Waals surface area contributed by atoms with Crippen LogP contribution in [0.15, 0.2) is 40.3 Å². The fourth-order valence-corrected chi connectivity index (χ4v) is 5.37. The SMILES string of the molecule is N#Cc1cc2c3c(n1)c(N1CCC4(CC1)CC(c1ccc(OC(F)(F)F)cc1)=NO4)nc(=O)n3CCC2. The lowest BCUT2D eigenvalue weighted by atomic mass is 9.85. The molecule has 37 heavy (non-hydrogen) atoms. The van der Waals surface area contributed by atoms with E-state index >= 15 is 0 Å². The number of alkyl halides is 3. The first kappa shape index (κ1) is 23.3. The molecule has 3 aliphatic rings. The summed E-state index contributed by atoms with van der Waals surface area (Å²) < 4.78 is 42.9. The van der Waals surface area contributed by atoms with Gasteiger partial charge in [-0.15, -0.1) is 13.2 Å². The van der Waals surface area contributed by atoms with E-state index in [1.165, 1.54) is 24.3 Å². The van der Waals surface area contributed by atoms with Gasteiger partial charge in [0.2, 0.25) is 0 Å². The van der Waals surface area contributed by atoms with Gasteiger partial charge in [0.1, 0.15) is 28.6 Å². The lowest BCUT2D eigenvalue weighted by Crippen LogP contribution is -2.45. The number of hydrogen-bond acceptors (Lipinski definition) is 8. The van der Waals surface area contributed by atoms with Crippen LogP contribution in [0.4, 0.5) is 19.0 Å². The molecule has 190 valence electrons. The highest BCUT2D eigenvalue weighted by molar-refractivity contribution is 6.01. The van der Waals surface area contributed by atoms with Crippen molar-refractivity contribution in [3.05, 3.63) is 57.6 Å². The summed E-state index contributed by atoms with van der Waals surface area (Å²) in [5.41, 5.74) is 3.01. The number of anilines is 1. The highest BCUT2D eigenvalue weighted by atomic mass is 19.4. The number of halogens is 3. The number of hydrogen-bond donors (Lipinski definition) is 0. The predicted octanol–water partition coefficient (Wildman–Crippen LogP) is 3.67. The van der Waals surface area contributed by atoms with Crippen LogP contribution in [0.2, 0.25) is 0 Å². The highest BCUT2D eigenvalue weighted by Gasteiger charge is 2.43. The molecular formula is C25H21F3N6O3. The molecule has 0 unspecified atom stereocenters. The first-order valence-electron chi connectivity index (χ1n) is 11.9. The van der Waals surface area contributed by atoms with Crippen molar-refractivity contribution in [3.63, 3.8) is 0 Å². The molecule has 1 aromatic carbocycles. The molecule has 0 radical (unpaired) electrons. The Hall–Kier alpha value is -4.14. The van der Waals surface area contributed by atoms with Crippen LogP contribution in [0.3, 0.4) is 0 Å². The quantitative estimate of drug-likeness (QED) is 0.529. The molecule has 1 fully saturated rings. The summed E-state index contributed by atoms with van der Waals surface area (Å²) in [5.74, 6) is 0.183. The Morgan fingerprint density at radius 2 is 1.86 bits per heavy atom. The van der Waals surface area contributed by atoms with E-state index in [1.807, 2.05) is 4.90 Å². The van der Waals surface area contributed by atoms with Crippen LogP contribution < -0.4 is 15.3 Å². The average Bonchev–Trinajstić information content (AvgIpc) is 3.29. The number of benzene rings is 1. The number of piperidine rings is 1. The lowest BCUT2D eigenvalue weighted by Gasteiger charge is -2.38. The average molecular weight is 510 g/mol. The predicted molar refractivity (Wildman–Crippen MR) is 126 cm³/mol. The number of aryl methyl sites for hydroxylation is 2. The van der Waals surface area contributed by atoms with Gasteiger partial charge in [0, 0.05) is 38.9 Å². The zero-order chi connectivity index (χ0) is 25.8. The Morgan fingerprint density at radius 3 is 2.57 bits per heavy atom. The summed E-state index contributed by atoms with van der Waals surface area (Å²) in [7, 11) is 0. The number of oxime groups is 1. The molecule has 0 aliphatic carbocycles. The number of nitriles is 1. The molecule has 0 N–H and O–H groups in total. The number of nitrogens with zero attached hydrogens (tertiary/aromatic N) is 6. The van der Waals surface area contributed by atoms with Crippen LogP contribution in [-0.2, 0) is 17.8 Å². The third-order valence-electron chi connectivity index (χ3n) is 7.16. The molecule has 0 bridgehead atoms. The summed E-state index contributed by atoms with van der Waals surface area (Å²) in [6.07, 6.45) is -1.45. The van der Waals surface area contributed by atoms with Crippen molar-refractivity contribution in [2.24, 2.45) is 5.16 Å². The topological polar surface area (TPSA) is 106 Å². The van der Waals surface area contributed by atoms with Gasteiger partial charge in [-0.05, 0) is 54.3 Å². The number of rotatable bonds is 3. The van der Waals surface area contributed by atoms with Crippen molar-refractivity contribution in [1.29, 1.82) is 5.26 Å². The Balaban J connectivity index is 1.21. The van der Waals surface area contributed by atoms with Gasteiger partial charge in [0.05, 0.1) is 11.2 Å². The van der Waals surface area contributed by atoms with Crippen molar-refractivity contribution < 1.29 is 22.7 Å². The normalized spacial score (nSPS) is 18.4. The van der Waals surface area contributed by atoms with Gasteiger partial charge < -0.3 is 14.5 Å². The van der Waals surface area contributed by atoms with Crippen LogP contribution in [0.5, 0.6) is 5.75 Å². The Bertz CT molecular complexity index is 1520. The molecule has 3 aliphatic heterocycles. The summed E-state index contributed by atoms with van der Waals surface area (Å²) in [4.78, 5) is 29.6. The number of aromatic nitrogens is 3. The van der Waals surface area contributed by atoms with Crippen LogP contribution >= 0.6 is 0 Å². The van der Waals surface area contributed by atoms with Gasteiger partial charge in [-0.25, -0.2) is 9.78 Å². The van der Waals surface area contributed by atoms with Crippen LogP contribution in [0, 0.1) is 11.3 Å². The Morgan fingerprint density at radius 1 is 1.11 bits per heavy atom. The molecule has 3 aromatic rings. The van der Waals surface area contributed by atoms with E-state index in [4.69, 9.17) is 4.84 Å². The standard InChI is InChI=1S/C25H21F3N6O3/c26-25(27,28)36-18-5-3-15(4-6-18)19-13-24(37-32-19)7-10-33(11-8-24)22-20-21-16(12-17(14-29)30-20)2-1-9-34(21)23(35)31-22/h3-6,12H,1-2,7-11,13H2. The van der Waals surface area contributed by atoms with Crippen molar-refractivity contribution in [3.8, 4) is 11.8 Å². The maximum absolute atomic E-state index is 12.8. The zero-order valence-corrected chi connectivity index (χ0v) is 19.6. The van der Waals surface area contributed by atoms with Gasteiger partial charge in [-0.2, -0.15) is 10.2 Å². The van der Waals surface area contributed by atoms with Crippen molar-refractivity contribution in [2.45, 2.75) is 50.6 Å². The van der Waals surface area contributed by atoms with Crippen molar-refractivity contribution >= 4 is 22.6 Å². The minimum Gasteiger partial charge on any atom is -0.406 e. The molecule has 5 heterocycles. The summed E-state index contributed by atoms with van der Waals surface area (Å²) >= 11 is 0. The second-order valence-corrected chi connectivity index (χ2v) is 9.50. The third-order valence-corrected chi connectivity index (χ3v) is 7.16. The second kappa shape index (κ2) is 8.47. The first-order chi connectivity index (χ1) is 17.7. The van der Waals surface area contributed by atoms with Gasteiger partial charge in [-0.1, -0.05) is 5.16 Å². The maximum Gasteiger partial charge on any atom is 0.573 e. The minimum absolute atomic E-state index is 0.295. The molecule has 1 spiro atoms. The van der Waals surface area contributed by atoms with E-state index in [9.17, 15) is 23.2 Å². The highest BCUT2D eigenvalue weighted by Crippen LogP contribution is 2.38. The lowest BCUT2D eigenvalue weighted by molar-refractivity contribution is -0.274. The van der Waals surface area contributed by atoms with Crippen LogP contribution in [0.1, 0.15) is 42.5 Å². The van der Waals surface area contributed by atoms with Gasteiger partial charge in [0.25, 0.3) is 0 Å². The van der Waals surface area contributed by atoms with Crippen molar-refractivity contribution in [2.75, 3.05) is 18.0 Å². The van der Waals surface area contributed by atoms with E-state index in [1.54, 1.807) is 10.6 Å². The van der Waals surface area contributed by atoms with E-state index in [0.717, 1.165) is 23.9 Å². The molecule has 12 heteroatoms. The molecule has 0 amide bonds. The second-order valence-electron chi connectivity index (χ2n) is 9.50. The van der Waals surface area contributed by atoms with E-state index in [-0.39, 0.29) is 11.4 Å². The summed E-state index contributed by atoms with van der Waals surface area (Å²) in [6.45, 7) is 1.66. The molecule has 0 saturated carbocycles. The molecule has 0 atom stereocenters. The Labute approximate surface area is 208 Å². The van der Waals surface area contributed by atoms with Crippen LogP contribution in [-0.4, -0.2) is 45.3 Å². The smallest absolute Gasteiger partial charge is 0.406 e. The summed E-state index contributed by atoms with van der Waals surface area (Å²) in [5, 5.41) is 13.7. The van der Waals surface area contributed by atoms with Crippen molar-refractivity contribution in [1.82, 2.24) is 14.5 Å². The van der Waals surface area contributed by atoms with Gasteiger partial charge >= 0.3 is 12.1 Å². The summed E-state index contributed by atoms with van der Waals surface area (Å²) in [6, 6.07) is 9.43.